The Balaban J connectivity index is 3.02. The van der Waals surface area contributed by atoms with Crippen LogP contribution in [0.5, 0.6) is 0 Å². The number of carbonyl (C=O) groups is 2. The second-order valence-electron chi connectivity index (χ2n) is 3.94. The Morgan fingerprint density at radius 3 is 2.63 bits per heavy atom. The summed E-state index contributed by atoms with van der Waals surface area (Å²) >= 11 is 5.81. The minimum absolute atomic E-state index is 0.0665. The van der Waals surface area contributed by atoms with E-state index >= 15 is 0 Å². The molecule has 0 saturated carbocycles. The Morgan fingerprint density at radius 1 is 1.42 bits per heavy atom. The highest BCUT2D eigenvalue weighted by molar-refractivity contribution is 6.17. The molecule has 1 aromatic carbocycles. The molecule has 19 heavy (non-hydrogen) atoms. The highest BCUT2D eigenvalue weighted by Gasteiger charge is 2.21. The zero-order valence-corrected chi connectivity index (χ0v) is 11.2. The first-order chi connectivity index (χ1) is 9.01. The van der Waals surface area contributed by atoms with Crippen LogP contribution in [0.2, 0.25) is 0 Å². The first-order valence-corrected chi connectivity index (χ1v) is 6.19. The normalized spacial score (nSPS) is 11.9. The molecule has 0 aliphatic carbocycles. The number of esters is 1. The Bertz CT molecular complexity index is 472. The van der Waals surface area contributed by atoms with E-state index < -0.39 is 12.1 Å². The molecule has 0 fully saturated rings. The van der Waals surface area contributed by atoms with Crippen molar-refractivity contribution in [3.63, 3.8) is 0 Å². The van der Waals surface area contributed by atoms with E-state index in [1.165, 1.54) is 13.2 Å². The lowest BCUT2D eigenvalue weighted by molar-refractivity contribution is -0.147. The molecule has 0 aliphatic rings. The van der Waals surface area contributed by atoms with E-state index in [2.05, 4.69) is 4.74 Å². The van der Waals surface area contributed by atoms with Crippen LogP contribution in [0.3, 0.4) is 0 Å². The summed E-state index contributed by atoms with van der Waals surface area (Å²) in [4.78, 5) is 21.9. The molecule has 1 unspecified atom stereocenters. The van der Waals surface area contributed by atoms with Crippen LogP contribution in [0.25, 0.3) is 0 Å². The number of aliphatic hydroxyl groups excluding tert-OH is 1. The summed E-state index contributed by atoms with van der Waals surface area (Å²) in [7, 11) is 1.30. The van der Waals surface area contributed by atoms with Gasteiger partial charge in [-0.2, -0.15) is 0 Å². The monoisotopic (exact) mass is 286 g/mol. The van der Waals surface area contributed by atoms with Gasteiger partial charge in [-0.25, -0.2) is 4.79 Å². The van der Waals surface area contributed by atoms with Gasteiger partial charge < -0.3 is 14.9 Å². The summed E-state index contributed by atoms with van der Waals surface area (Å²) in [6, 6.07) is 4.89. The molecule has 0 spiro atoms. The molecule has 5 nitrogen and oxygen atoms in total. The average Bonchev–Trinajstić information content (AvgIpc) is 2.42. The van der Waals surface area contributed by atoms with Crippen LogP contribution in [0.4, 0.5) is 0 Å². The maximum atomic E-state index is 11.1. The average molecular weight is 287 g/mol. The quantitative estimate of drug-likeness (QED) is 0.614. The Labute approximate surface area is 115 Å². The smallest absolute Gasteiger partial charge is 0.337 e. The lowest BCUT2D eigenvalue weighted by Crippen LogP contribution is -2.14. The number of carboxylic acid groups (broad SMARTS) is 1. The topological polar surface area (TPSA) is 83.8 Å². The first-order valence-electron chi connectivity index (χ1n) is 5.65. The zero-order valence-electron chi connectivity index (χ0n) is 10.4. The minimum atomic E-state index is -1.62. The highest BCUT2D eigenvalue weighted by atomic mass is 35.5. The molecule has 0 aliphatic heterocycles. The number of carboxylic acids is 1. The molecular weight excluding hydrogens is 272 g/mol. The molecule has 1 aromatic rings. The Morgan fingerprint density at radius 2 is 2.11 bits per heavy atom. The van der Waals surface area contributed by atoms with Gasteiger partial charge in [0, 0.05) is 12.3 Å². The Hall–Kier alpha value is -1.59. The van der Waals surface area contributed by atoms with Crippen molar-refractivity contribution in [1.29, 1.82) is 0 Å². The maximum Gasteiger partial charge on any atom is 0.337 e. The lowest BCUT2D eigenvalue weighted by Gasteiger charge is -2.14. The van der Waals surface area contributed by atoms with Gasteiger partial charge in [-0.05, 0) is 23.1 Å². The summed E-state index contributed by atoms with van der Waals surface area (Å²) in [5.74, 6) is -1.63. The number of carbonyl (C=O) groups excluding carboxylic acids is 1. The number of hydrogen-bond acceptors (Lipinski definition) is 4. The lowest BCUT2D eigenvalue weighted by atomic mass is 9.95. The molecule has 1 atom stereocenters. The van der Waals surface area contributed by atoms with E-state index in [1.807, 2.05) is 0 Å². The van der Waals surface area contributed by atoms with Crippen LogP contribution in [0.1, 0.15) is 29.2 Å². The van der Waals surface area contributed by atoms with Gasteiger partial charge in [-0.1, -0.05) is 18.2 Å². The molecular formula is C13H15ClO5. The van der Waals surface area contributed by atoms with Crippen molar-refractivity contribution in [2.75, 3.05) is 7.11 Å². The van der Waals surface area contributed by atoms with Gasteiger partial charge >= 0.3 is 11.9 Å². The summed E-state index contributed by atoms with van der Waals surface area (Å²) in [6.07, 6.45) is -1.06. The number of methoxy groups -OCH3 is 1. The van der Waals surface area contributed by atoms with Gasteiger partial charge in [-0.15, -0.1) is 11.6 Å². The molecule has 0 saturated heterocycles. The van der Waals surface area contributed by atoms with Crippen molar-refractivity contribution in [3.8, 4) is 0 Å². The summed E-state index contributed by atoms with van der Waals surface area (Å²) < 4.78 is 4.55. The van der Waals surface area contributed by atoms with E-state index in [9.17, 15) is 14.7 Å². The van der Waals surface area contributed by atoms with Crippen molar-refractivity contribution < 1.29 is 24.5 Å². The first kappa shape index (κ1) is 15.5. The number of aliphatic carboxylic acids is 1. The zero-order chi connectivity index (χ0) is 14.4. The van der Waals surface area contributed by atoms with Gasteiger partial charge in [0.05, 0.1) is 7.11 Å². The van der Waals surface area contributed by atoms with Crippen LogP contribution in [-0.4, -0.2) is 29.3 Å². The van der Waals surface area contributed by atoms with Crippen molar-refractivity contribution in [1.82, 2.24) is 0 Å². The molecule has 0 radical (unpaired) electrons. The largest absolute Gasteiger partial charge is 0.479 e. The molecule has 2 N–H and O–H groups in total. The predicted molar refractivity (Wildman–Crippen MR) is 68.9 cm³/mol. The van der Waals surface area contributed by atoms with Crippen molar-refractivity contribution in [3.05, 3.63) is 34.9 Å². The molecule has 6 heteroatoms. The molecule has 0 aromatic heterocycles. The number of aryl methyl sites for hydroxylation is 1. The number of alkyl halides is 1. The van der Waals surface area contributed by atoms with Crippen molar-refractivity contribution in [2.24, 2.45) is 0 Å². The summed E-state index contributed by atoms with van der Waals surface area (Å²) in [5.41, 5.74) is 1.53. The highest BCUT2D eigenvalue weighted by Crippen LogP contribution is 2.24. The van der Waals surface area contributed by atoms with Gasteiger partial charge in [0.15, 0.2) is 6.10 Å². The molecule has 0 amide bonds. The molecule has 104 valence electrons. The fraction of sp³-hybridized carbons (Fsp3) is 0.385. The maximum absolute atomic E-state index is 11.1. The number of benzene rings is 1. The molecule has 1 rings (SSSR count). The van der Waals surface area contributed by atoms with Gasteiger partial charge in [0.1, 0.15) is 0 Å². The number of ether oxygens (including phenoxy) is 1. The van der Waals surface area contributed by atoms with E-state index in [-0.39, 0.29) is 23.8 Å². The molecule has 0 bridgehead atoms. The predicted octanol–water partition coefficient (Wildman–Crippen LogP) is 1.65. The van der Waals surface area contributed by atoms with Crippen LogP contribution in [0, 0.1) is 0 Å². The van der Waals surface area contributed by atoms with Gasteiger partial charge in [0.25, 0.3) is 0 Å². The SMILES string of the molecule is COC(=O)CCc1cccc(C(O)C(=O)O)c1CCl. The van der Waals surface area contributed by atoms with Gasteiger partial charge in [0.2, 0.25) is 0 Å². The van der Waals surface area contributed by atoms with Crippen LogP contribution in [0.15, 0.2) is 18.2 Å². The third kappa shape index (κ3) is 3.94. The van der Waals surface area contributed by atoms with Crippen LogP contribution in [-0.2, 0) is 26.6 Å². The van der Waals surface area contributed by atoms with E-state index in [0.29, 0.717) is 12.0 Å². The number of aliphatic hydroxyl groups is 1. The standard InChI is InChI=1S/C13H15ClO5/c1-19-11(15)6-5-8-3-2-4-9(10(8)7-14)12(16)13(17)18/h2-4,12,16H,5-7H2,1H3,(H,17,18). The Kier molecular flexibility index (Phi) is 5.79. The number of rotatable bonds is 6. The molecule has 0 heterocycles. The minimum Gasteiger partial charge on any atom is -0.479 e. The summed E-state index contributed by atoms with van der Waals surface area (Å²) in [5, 5.41) is 18.4. The van der Waals surface area contributed by atoms with Gasteiger partial charge in [-0.3, -0.25) is 4.79 Å². The van der Waals surface area contributed by atoms with E-state index in [0.717, 1.165) is 5.56 Å². The van der Waals surface area contributed by atoms with Crippen molar-refractivity contribution >= 4 is 23.5 Å². The van der Waals surface area contributed by atoms with E-state index in [4.69, 9.17) is 16.7 Å². The third-order valence-corrected chi connectivity index (χ3v) is 3.06. The van der Waals surface area contributed by atoms with Crippen molar-refractivity contribution in [2.45, 2.75) is 24.8 Å². The number of hydrogen-bond donors (Lipinski definition) is 2. The fourth-order valence-corrected chi connectivity index (χ4v) is 2.11. The van der Waals surface area contributed by atoms with Crippen LogP contribution < -0.4 is 0 Å². The second-order valence-corrected chi connectivity index (χ2v) is 4.20. The van der Waals surface area contributed by atoms with Crippen LogP contribution >= 0.6 is 11.6 Å². The summed E-state index contributed by atoms with van der Waals surface area (Å²) in [6.45, 7) is 0. The third-order valence-electron chi connectivity index (χ3n) is 2.80. The fourth-order valence-electron chi connectivity index (χ4n) is 1.78. The number of halogens is 1. The second kappa shape index (κ2) is 7.11. The van der Waals surface area contributed by atoms with E-state index in [1.54, 1.807) is 12.1 Å².